The molecule has 0 aromatic carbocycles. The van der Waals surface area contributed by atoms with E-state index in [9.17, 15) is 4.79 Å². The molecule has 0 aliphatic heterocycles. The van der Waals surface area contributed by atoms with Crippen molar-refractivity contribution in [1.29, 1.82) is 0 Å². The molecule has 0 N–H and O–H groups in total. The Morgan fingerprint density at radius 2 is 2.13 bits per heavy atom. The van der Waals surface area contributed by atoms with Gasteiger partial charge in [0.05, 0.1) is 5.57 Å². The first-order chi connectivity index (χ1) is 6.94. The van der Waals surface area contributed by atoms with E-state index in [-0.39, 0.29) is 5.97 Å². The van der Waals surface area contributed by atoms with Crippen molar-refractivity contribution in [2.45, 2.75) is 33.3 Å². The number of allylic oxidation sites excluding steroid dienone is 1. The van der Waals surface area contributed by atoms with Gasteiger partial charge in [0.15, 0.2) is 0 Å². The number of hydrogen-bond donors (Lipinski definition) is 0. The Morgan fingerprint density at radius 1 is 1.47 bits per heavy atom. The van der Waals surface area contributed by atoms with Crippen LogP contribution in [0, 0.1) is 0 Å². The van der Waals surface area contributed by atoms with Gasteiger partial charge in [0, 0.05) is 4.88 Å². The lowest BCUT2D eigenvalue weighted by molar-refractivity contribution is -0.147. The van der Waals surface area contributed by atoms with Gasteiger partial charge in [0.1, 0.15) is 5.60 Å². The molecule has 0 fully saturated rings. The van der Waals surface area contributed by atoms with E-state index in [2.05, 4.69) is 0 Å². The van der Waals surface area contributed by atoms with Gasteiger partial charge in [-0.2, -0.15) is 0 Å². The van der Waals surface area contributed by atoms with Crippen LogP contribution in [0.4, 0.5) is 0 Å². The van der Waals surface area contributed by atoms with Crippen molar-refractivity contribution < 1.29 is 9.53 Å². The SMILES string of the molecule is CC=C(C(=O)OC(C)(C)C)c1cccs1. The molecule has 0 amide bonds. The van der Waals surface area contributed by atoms with Crippen molar-refractivity contribution >= 4 is 22.9 Å². The van der Waals surface area contributed by atoms with Crippen LogP contribution in [-0.4, -0.2) is 11.6 Å². The van der Waals surface area contributed by atoms with Crippen LogP contribution in [0.1, 0.15) is 32.6 Å². The summed E-state index contributed by atoms with van der Waals surface area (Å²) in [5.41, 5.74) is 0.197. The molecule has 2 nitrogen and oxygen atoms in total. The zero-order chi connectivity index (χ0) is 11.5. The minimum atomic E-state index is -0.442. The standard InChI is InChI=1S/C12H16O2S/c1-5-9(10-7-6-8-15-10)11(13)14-12(2,3)4/h5-8H,1-4H3. The highest BCUT2D eigenvalue weighted by Crippen LogP contribution is 2.23. The van der Waals surface area contributed by atoms with Crippen LogP contribution < -0.4 is 0 Å². The van der Waals surface area contributed by atoms with E-state index >= 15 is 0 Å². The number of rotatable bonds is 2. The van der Waals surface area contributed by atoms with E-state index < -0.39 is 5.60 Å². The highest BCUT2D eigenvalue weighted by Gasteiger charge is 2.20. The maximum absolute atomic E-state index is 11.8. The lowest BCUT2D eigenvalue weighted by atomic mass is 10.1. The molecule has 82 valence electrons. The first-order valence-corrected chi connectivity index (χ1v) is 5.75. The maximum atomic E-state index is 11.8. The number of carbonyl (C=O) groups excluding carboxylic acids is 1. The minimum absolute atomic E-state index is 0.257. The van der Waals surface area contributed by atoms with E-state index in [0.29, 0.717) is 5.57 Å². The fourth-order valence-corrected chi connectivity index (χ4v) is 1.91. The van der Waals surface area contributed by atoms with Crippen LogP contribution in [0.5, 0.6) is 0 Å². The third-order valence-corrected chi connectivity index (χ3v) is 2.60. The summed E-state index contributed by atoms with van der Waals surface area (Å²) < 4.78 is 5.31. The Hall–Kier alpha value is -1.09. The van der Waals surface area contributed by atoms with Crippen LogP contribution in [-0.2, 0) is 9.53 Å². The second-order valence-corrected chi connectivity index (χ2v) is 5.13. The molecule has 0 aliphatic rings. The fraction of sp³-hybridized carbons (Fsp3) is 0.417. The number of hydrogen-bond acceptors (Lipinski definition) is 3. The van der Waals surface area contributed by atoms with Gasteiger partial charge in [-0.3, -0.25) is 0 Å². The highest BCUT2D eigenvalue weighted by molar-refractivity contribution is 7.11. The molecule has 1 aromatic heterocycles. The number of thiophene rings is 1. The molecule has 1 heterocycles. The van der Waals surface area contributed by atoms with Crippen LogP contribution in [0.2, 0.25) is 0 Å². The number of ether oxygens (including phenoxy) is 1. The van der Waals surface area contributed by atoms with Gasteiger partial charge in [-0.25, -0.2) is 4.79 Å². The summed E-state index contributed by atoms with van der Waals surface area (Å²) in [5.74, 6) is -0.257. The molecule has 0 saturated carbocycles. The molecular weight excluding hydrogens is 208 g/mol. The van der Waals surface area contributed by atoms with E-state index in [4.69, 9.17) is 4.74 Å². The maximum Gasteiger partial charge on any atom is 0.339 e. The van der Waals surface area contributed by atoms with E-state index in [0.717, 1.165) is 4.88 Å². The van der Waals surface area contributed by atoms with Gasteiger partial charge in [-0.05, 0) is 39.1 Å². The van der Waals surface area contributed by atoms with Gasteiger partial charge in [0.2, 0.25) is 0 Å². The minimum Gasteiger partial charge on any atom is -0.456 e. The summed E-state index contributed by atoms with van der Waals surface area (Å²) >= 11 is 1.54. The lowest BCUT2D eigenvalue weighted by Crippen LogP contribution is -2.24. The third-order valence-electron chi connectivity index (χ3n) is 1.69. The molecule has 0 aliphatic carbocycles. The first-order valence-electron chi connectivity index (χ1n) is 4.87. The quantitative estimate of drug-likeness (QED) is 0.567. The van der Waals surface area contributed by atoms with Crippen LogP contribution >= 0.6 is 11.3 Å². The molecule has 0 bridgehead atoms. The molecule has 0 spiro atoms. The molecule has 3 heteroatoms. The molecular formula is C12H16O2S. The summed E-state index contributed by atoms with van der Waals surface area (Å²) in [6.07, 6.45) is 1.79. The smallest absolute Gasteiger partial charge is 0.339 e. The van der Waals surface area contributed by atoms with Crippen LogP contribution in [0.25, 0.3) is 5.57 Å². The summed E-state index contributed by atoms with van der Waals surface area (Å²) in [7, 11) is 0. The predicted octanol–water partition coefficient (Wildman–Crippen LogP) is 3.49. The van der Waals surface area contributed by atoms with Crippen molar-refractivity contribution in [3.63, 3.8) is 0 Å². The molecule has 1 aromatic rings. The van der Waals surface area contributed by atoms with Gasteiger partial charge >= 0.3 is 5.97 Å². The van der Waals surface area contributed by atoms with Crippen molar-refractivity contribution in [3.8, 4) is 0 Å². The Labute approximate surface area is 94.6 Å². The topological polar surface area (TPSA) is 26.3 Å². The van der Waals surface area contributed by atoms with Gasteiger partial charge < -0.3 is 4.74 Å². The highest BCUT2D eigenvalue weighted by atomic mass is 32.1. The Bertz CT molecular complexity index is 355. The molecule has 0 unspecified atom stereocenters. The Kier molecular flexibility index (Phi) is 3.69. The molecule has 0 radical (unpaired) electrons. The number of esters is 1. The zero-order valence-electron chi connectivity index (χ0n) is 9.53. The van der Waals surface area contributed by atoms with Gasteiger partial charge in [-0.1, -0.05) is 12.1 Å². The monoisotopic (exact) mass is 224 g/mol. The summed E-state index contributed by atoms with van der Waals surface area (Å²) in [6.45, 7) is 7.45. The van der Waals surface area contributed by atoms with Crippen molar-refractivity contribution in [2.24, 2.45) is 0 Å². The Morgan fingerprint density at radius 3 is 2.53 bits per heavy atom. The summed E-state index contributed by atoms with van der Waals surface area (Å²) in [4.78, 5) is 12.8. The van der Waals surface area contributed by atoms with Gasteiger partial charge in [-0.15, -0.1) is 11.3 Å². The molecule has 15 heavy (non-hydrogen) atoms. The first kappa shape index (κ1) is 12.0. The normalized spacial score (nSPS) is 12.7. The van der Waals surface area contributed by atoms with Crippen molar-refractivity contribution in [1.82, 2.24) is 0 Å². The summed E-state index contributed by atoms with van der Waals surface area (Å²) in [6, 6.07) is 3.85. The van der Waals surface area contributed by atoms with Crippen molar-refractivity contribution in [2.75, 3.05) is 0 Å². The van der Waals surface area contributed by atoms with E-state index in [1.54, 1.807) is 17.4 Å². The lowest BCUT2D eigenvalue weighted by Gasteiger charge is -2.20. The van der Waals surface area contributed by atoms with Crippen LogP contribution in [0.15, 0.2) is 23.6 Å². The second-order valence-electron chi connectivity index (χ2n) is 4.18. The Balaban J connectivity index is 2.83. The second kappa shape index (κ2) is 4.62. The molecule has 0 atom stereocenters. The zero-order valence-corrected chi connectivity index (χ0v) is 10.4. The summed E-state index contributed by atoms with van der Waals surface area (Å²) in [5, 5.41) is 1.95. The predicted molar refractivity (Wildman–Crippen MR) is 63.8 cm³/mol. The average molecular weight is 224 g/mol. The number of carbonyl (C=O) groups is 1. The molecule has 1 rings (SSSR count). The van der Waals surface area contributed by atoms with E-state index in [1.807, 2.05) is 45.2 Å². The fourth-order valence-electron chi connectivity index (χ4n) is 1.13. The van der Waals surface area contributed by atoms with E-state index in [1.165, 1.54) is 0 Å². The van der Waals surface area contributed by atoms with Gasteiger partial charge in [0.25, 0.3) is 0 Å². The largest absolute Gasteiger partial charge is 0.456 e. The molecule has 0 saturated heterocycles. The third kappa shape index (κ3) is 3.51. The average Bonchev–Trinajstić information content (AvgIpc) is 2.54. The van der Waals surface area contributed by atoms with Crippen LogP contribution in [0.3, 0.4) is 0 Å². The van der Waals surface area contributed by atoms with Crippen molar-refractivity contribution in [3.05, 3.63) is 28.5 Å².